The molecule has 0 aliphatic rings. The van der Waals surface area contributed by atoms with Crippen LogP contribution in [0.25, 0.3) is 0 Å². The number of rotatable bonds is 6. The standard InChI is InChI=1S/C12H18FN3O2/c1-4-8(3)16(6-10(17)18)12-11(13)9(5-2)14-7-15-12/h7-8H,4-6H2,1-3H3,(H,17,18). The van der Waals surface area contributed by atoms with Crippen molar-refractivity contribution in [3.05, 3.63) is 17.8 Å². The molecule has 0 fully saturated rings. The lowest BCUT2D eigenvalue weighted by Gasteiger charge is -2.28. The average molecular weight is 255 g/mol. The summed E-state index contributed by atoms with van der Waals surface area (Å²) >= 11 is 0. The Balaban J connectivity index is 3.16. The second-order valence-corrected chi connectivity index (χ2v) is 4.09. The quantitative estimate of drug-likeness (QED) is 0.840. The predicted octanol–water partition coefficient (Wildman–Crippen LogP) is 1.87. The molecule has 5 nitrogen and oxygen atoms in total. The van der Waals surface area contributed by atoms with Gasteiger partial charge in [0.15, 0.2) is 11.6 Å². The van der Waals surface area contributed by atoms with Gasteiger partial charge in [-0.2, -0.15) is 0 Å². The van der Waals surface area contributed by atoms with Crippen molar-refractivity contribution in [2.75, 3.05) is 11.4 Å². The first-order valence-electron chi connectivity index (χ1n) is 5.99. The zero-order chi connectivity index (χ0) is 13.7. The molecule has 0 aliphatic carbocycles. The summed E-state index contributed by atoms with van der Waals surface area (Å²) in [4.78, 5) is 20.0. The van der Waals surface area contributed by atoms with Crippen LogP contribution in [0, 0.1) is 5.82 Å². The molecule has 6 heteroatoms. The van der Waals surface area contributed by atoms with Crippen molar-refractivity contribution >= 4 is 11.8 Å². The highest BCUT2D eigenvalue weighted by molar-refractivity contribution is 5.73. The monoisotopic (exact) mass is 255 g/mol. The number of hydrogen-bond donors (Lipinski definition) is 1. The van der Waals surface area contributed by atoms with Crippen LogP contribution in [0.4, 0.5) is 10.2 Å². The van der Waals surface area contributed by atoms with Gasteiger partial charge in [0.05, 0.1) is 5.69 Å². The molecule has 0 aliphatic heterocycles. The summed E-state index contributed by atoms with van der Waals surface area (Å²) < 4.78 is 14.1. The largest absolute Gasteiger partial charge is 0.480 e. The van der Waals surface area contributed by atoms with E-state index in [1.165, 1.54) is 11.2 Å². The maximum absolute atomic E-state index is 14.1. The van der Waals surface area contributed by atoms with Gasteiger partial charge in [-0.3, -0.25) is 4.79 Å². The first-order valence-corrected chi connectivity index (χ1v) is 5.99. The lowest BCUT2D eigenvalue weighted by Crippen LogP contribution is -2.38. The minimum absolute atomic E-state index is 0.0681. The number of halogens is 1. The first kappa shape index (κ1) is 14.3. The molecule has 1 rings (SSSR count). The summed E-state index contributed by atoms with van der Waals surface area (Å²) in [5.74, 6) is -1.47. The fourth-order valence-corrected chi connectivity index (χ4v) is 1.65. The molecule has 0 aromatic carbocycles. The van der Waals surface area contributed by atoms with E-state index in [1.807, 2.05) is 13.8 Å². The van der Waals surface area contributed by atoms with Crippen LogP contribution in [0.1, 0.15) is 32.9 Å². The molecule has 0 saturated carbocycles. The van der Waals surface area contributed by atoms with Gasteiger partial charge in [-0.25, -0.2) is 14.4 Å². The number of nitrogens with zero attached hydrogens (tertiary/aromatic N) is 3. The van der Waals surface area contributed by atoms with Gasteiger partial charge in [0.1, 0.15) is 12.9 Å². The third-order valence-corrected chi connectivity index (χ3v) is 2.88. The van der Waals surface area contributed by atoms with Crippen molar-refractivity contribution in [3.63, 3.8) is 0 Å². The minimum Gasteiger partial charge on any atom is -0.480 e. The molecule has 100 valence electrons. The molecule has 1 N–H and O–H groups in total. The van der Waals surface area contributed by atoms with Crippen LogP contribution < -0.4 is 4.90 Å². The van der Waals surface area contributed by atoms with Crippen LogP contribution in [0.15, 0.2) is 6.33 Å². The van der Waals surface area contributed by atoms with Crippen molar-refractivity contribution in [3.8, 4) is 0 Å². The highest BCUT2D eigenvalue weighted by Crippen LogP contribution is 2.21. The normalized spacial score (nSPS) is 12.2. The number of hydrogen-bond acceptors (Lipinski definition) is 4. The van der Waals surface area contributed by atoms with Gasteiger partial charge in [0.25, 0.3) is 0 Å². The molecule has 1 atom stereocenters. The van der Waals surface area contributed by atoms with E-state index < -0.39 is 11.8 Å². The first-order chi connectivity index (χ1) is 8.51. The number of aryl methyl sites for hydroxylation is 1. The molecule has 1 aromatic heterocycles. The van der Waals surface area contributed by atoms with E-state index in [9.17, 15) is 9.18 Å². The van der Waals surface area contributed by atoms with Crippen LogP contribution in [-0.4, -0.2) is 33.6 Å². The number of aromatic nitrogens is 2. The van der Waals surface area contributed by atoms with Crippen molar-refractivity contribution in [1.82, 2.24) is 9.97 Å². The molecule has 0 spiro atoms. The lowest BCUT2D eigenvalue weighted by molar-refractivity contribution is -0.135. The summed E-state index contributed by atoms with van der Waals surface area (Å²) in [6, 6.07) is -0.102. The molecule has 1 heterocycles. The summed E-state index contributed by atoms with van der Waals surface area (Å²) in [6.45, 7) is 5.28. The van der Waals surface area contributed by atoms with E-state index in [4.69, 9.17) is 5.11 Å². The Hall–Kier alpha value is -1.72. The van der Waals surface area contributed by atoms with Gasteiger partial charge >= 0.3 is 5.97 Å². The fourth-order valence-electron chi connectivity index (χ4n) is 1.65. The minimum atomic E-state index is -1.01. The summed E-state index contributed by atoms with van der Waals surface area (Å²) in [5, 5.41) is 8.90. The van der Waals surface area contributed by atoms with E-state index in [0.29, 0.717) is 18.5 Å². The second-order valence-electron chi connectivity index (χ2n) is 4.09. The van der Waals surface area contributed by atoms with Crippen LogP contribution in [0.3, 0.4) is 0 Å². The molecule has 1 aromatic rings. The topological polar surface area (TPSA) is 66.3 Å². The molecule has 0 radical (unpaired) electrons. The van der Waals surface area contributed by atoms with Crippen molar-refractivity contribution in [2.45, 2.75) is 39.7 Å². The van der Waals surface area contributed by atoms with Gasteiger partial charge in [0.2, 0.25) is 0 Å². The number of aliphatic carboxylic acids is 1. The highest BCUT2D eigenvalue weighted by atomic mass is 19.1. The predicted molar refractivity (Wildman–Crippen MR) is 66.1 cm³/mol. The summed E-state index contributed by atoms with van der Waals surface area (Å²) in [7, 11) is 0. The lowest BCUT2D eigenvalue weighted by atomic mass is 10.2. The summed E-state index contributed by atoms with van der Waals surface area (Å²) in [5.41, 5.74) is 0.304. The molecule has 0 bridgehead atoms. The van der Waals surface area contributed by atoms with E-state index in [0.717, 1.165) is 0 Å². The number of anilines is 1. The van der Waals surface area contributed by atoms with Crippen LogP contribution in [-0.2, 0) is 11.2 Å². The Kier molecular flexibility index (Phi) is 5.00. The number of carbonyl (C=O) groups is 1. The van der Waals surface area contributed by atoms with Gasteiger partial charge in [-0.05, 0) is 19.8 Å². The van der Waals surface area contributed by atoms with Crippen molar-refractivity contribution in [1.29, 1.82) is 0 Å². The Morgan fingerprint density at radius 2 is 2.17 bits per heavy atom. The molecule has 0 saturated heterocycles. The SMILES string of the molecule is CCc1ncnc(N(CC(=O)O)C(C)CC)c1F. The Morgan fingerprint density at radius 3 is 2.67 bits per heavy atom. The Bertz CT molecular complexity index is 426. The molecule has 0 amide bonds. The maximum Gasteiger partial charge on any atom is 0.323 e. The fraction of sp³-hybridized carbons (Fsp3) is 0.583. The maximum atomic E-state index is 14.1. The van der Waals surface area contributed by atoms with Crippen LogP contribution in [0.2, 0.25) is 0 Å². The molecule has 1 unspecified atom stereocenters. The Labute approximate surface area is 106 Å². The molecular weight excluding hydrogens is 237 g/mol. The van der Waals surface area contributed by atoms with Gasteiger partial charge in [0, 0.05) is 6.04 Å². The van der Waals surface area contributed by atoms with E-state index in [2.05, 4.69) is 9.97 Å². The van der Waals surface area contributed by atoms with Crippen LogP contribution >= 0.6 is 0 Å². The summed E-state index contributed by atoms with van der Waals surface area (Å²) in [6.07, 6.45) is 2.43. The molecule has 18 heavy (non-hydrogen) atoms. The molecular formula is C12H18FN3O2. The van der Waals surface area contributed by atoms with E-state index in [-0.39, 0.29) is 18.4 Å². The van der Waals surface area contributed by atoms with E-state index >= 15 is 0 Å². The van der Waals surface area contributed by atoms with Crippen molar-refractivity contribution < 1.29 is 14.3 Å². The number of carboxylic acids is 1. The van der Waals surface area contributed by atoms with Crippen molar-refractivity contribution in [2.24, 2.45) is 0 Å². The second kappa shape index (κ2) is 6.28. The zero-order valence-electron chi connectivity index (χ0n) is 10.9. The third kappa shape index (κ3) is 3.15. The van der Waals surface area contributed by atoms with Crippen LogP contribution in [0.5, 0.6) is 0 Å². The number of carboxylic acid groups (broad SMARTS) is 1. The third-order valence-electron chi connectivity index (χ3n) is 2.88. The van der Waals surface area contributed by atoms with Gasteiger partial charge in [-0.1, -0.05) is 13.8 Å². The average Bonchev–Trinajstić information content (AvgIpc) is 2.35. The smallest absolute Gasteiger partial charge is 0.323 e. The van der Waals surface area contributed by atoms with E-state index in [1.54, 1.807) is 6.92 Å². The van der Waals surface area contributed by atoms with Gasteiger partial charge < -0.3 is 10.0 Å². The Morgan fingerprint density at radius 1 is 1.50 bits per heavy atom. The zero-order valence-corrected chi connectivity index (χ0v) is 10.9. The highest BCUT2D eigenvalue weighted by Gasteiger charge is 2.22. The van der Waals surface area contributed by atoms with Gasteiger partial charge in [-0.15, -0.1) is 0 Å².